The molecule has 10 heteroatoms. The number of aromatic hydroxyl groups is 1. The van der Waals surface area contributed by atoms with E-state index in [1.807, 2.05) is 0 Å². The largest absolute Gasteiger partial charge is 0.506 e. The molecule has 2 aromatic carbocycles. The fourth-order valence-corrected chi connectivity index (χ4v) is 2.64. The van der Waals surface area contributed by atoms with Gasteiger partial charge in [0.2, 0.25) is 0 Å². The summed E-state index contributed by atoms with van der Waals surface area (Å²) >= 11 is 11.8. The van der Waals surface area contributed by atoms with Crippen molar-refractivity contribution in [3.63, 3.8) is 0 Å². The third-order valence-electron chi connectivity index (χ3n) is 3.59. The summed E-state index contributed by atoms with van der Waals surface area (Å²) in [4.78, 5) is 22.4. The van der Waals surface area contributed by atoms with Gasteiger partial charge in [-0.25, -0.2) is 0 Å². The average molecular weight is 423 g/mol. The second-order valence-electron chi connectivity index (χ2n) is 5.54. The van der Waals surface area contributed by atoms with E-state index in [1.54, 1.807) is 0 Å². The van der Waals surface area contributed by atoms with E-state index in [2.05, 4.69) is 5.32 Å². The maximum absolute atomic E-state index is 12.2. The van der Waals surface area contributed by atoms with Gasteiger partial charge in [0.1, 0.15) is 23.9 Å². The van der Waals surface area contributed by atoms with Crippen molar-refractivity contribution < 1.29 is 24.0 Å². The lowest BCUT2D eigenvalue weighted by atomic mass is 10.3. The van der Waals surface area contributed by atoms with Crippen molar-refractivity contribution in [2.45, 2.75) is 6.61 Å². The molecule has 0 saturated carbocycles. The number of nitrogens with one attached hydrogen (secondary N) is 1. The lowest BCUT2D eigenvalue weighted by Crippen LogP contribution is -2.11. The molecule has 144 valence electrons. The minimum atomic E-state index is -0.586. The number of nitrogens with zero attached hydrogens (tertiary/aromatic N) is 1. The number of hydrogen-bond donors (Lipinski definition) is 2. The zero-order chi connectivity index (χ0) is 20.3. The van der Waals surface area contributed by atoms with Crippen molar-refractivity contribution in [1.29, 1.82) is 0 Å². The van der Waals surface area contributed by atoms with Crippen molar-refractivity contribution >= 4 is 40.5 Å². The molecule has 0 unspecified atom stereocenters. The molecule has 0 aliphatic rings. The van der Waals surface area contributed by atoms with E-state index in [-0.39, 0.29) is 40.3 Å². The predicted molar refractivity (Wildman–Crippen MR) is 102 cm³/mol. The number of anilines is 1. The molecular weight excluding hydrogens is 411 g/mol. The number of rotatable bonds is 6. The Balaban J connectivity index is 1.65. The predicted octanol–water partition coefficient (Wildman–Crippen LogP) is 5.03. The quantitative estimate of drug-likeness (QED) is 0.326. The summed E-state index contributed by atoms with van der Waals surface area (Å²) in [5.74, 6) is -0.168. The highest BCUT2D eigenvalue weighted by Crippen LogP contribution is 2.30. The van der Waals surface area contributed by atoms with Crippen LogP contribution in [0.3, 0.4) is 0 Å². The zero-order valence-corrected chi connectivity index (χ0v) is 15.5. The Morgan fingerprint density at radius 1 is 1.18 bits per heavy atom. The van der Waals surface area contributed by atoms with Gasteiger partial charge in [-0.15, -0.1) is 0 Å². The van der Waals surface area contributed by atoms with Gasteiger partial charge in [0.15, 0.2) is 5.76 Å². The van der Waals surface area contributed by atoms with E-state index < -0.39 is 10.8 Å². The van der Waals surface area contributed by atoms with E-state index in [1.165, 1.54) is 48.5 Å². The van der Waals surface area contributed by atoms with Crippen molar-refractivity contribution in [2.75, 3.05) is 5.32 Å². The van der Waals surface area contributed by atoms with Crippen LogP contribution in [-0.4, -0.2) is 15.9 Å². The smallest absolute Gasteiger partial charge is 0.291 e. The van der Waals surface area contributed by atoms with Crippen LogP contribution in [0, 0.1) is 10.1 Å². The van der Waals surface area contributed by atoms with Crippen molar-refractivity contribution in [1.82, 2.24) is 0 Å². The van der Waals surface area contributed by atoms with Crippen LogP contribution in [0.1, 0.15) is 16.3 Å². The van der Waals surface area contributed by atoms with Gasteiger partial charge in [-0.05, 0) is 36.4 Å². The van der Waals surface area contributed by atoms with Gasteiger partial charge in [-0.2, -0.15) is 0 Å². The maximum Gasteiger partial charge on any atom is 0.291 e. The van der Waals surface area contributed by atoms with E-state index >= 15 is 0 Å². The van der Waals surface area contributed by atoms with E-state index in [0.29, 0.717) is 10.8 Å². The Morgan fingerprint density at radius 3 is 2.68 bits per heavy atom. The third-order valence-corrected chi connectivity index (χ3v) is 4.12. The molecular formula is C18H12Cl2N2O6. The molecule has 3 aromatic rings. The van der Waals surface area contributed by atoms with Crippen LogP contribution < -0.4 is 10.1 Å². The van der Waals surface area contributed by atoms with Crippen LogP contribution in [0.25, 0.3) is 0 Å². The number of carbonyl (C=O) groups is 1. The molecule has 3 rings (SSSR count). The minimum absolute atomic E-state index is 0.00669. The third kappa shape index (κ3) is 4.54. The Kier molecular flexibility index (Phi) is 5.72. The fraction of sp³-hybridized carbons (Fsp3) is 0.0556. The maximum atomic E-state index is 12.2. The van der Waals surface area contributed by atoms with Crippen LogP contribution >= 0.6 is 23.2 Å². The van der Waals surface area contributed by atoms with E-state index in [9.17, 15) is 20.0 Å². The minimum Gasteiger partial charge on any atom is -0.506 e. The molecule has 0 atom stereocenters. The van der Waals surface area contributed by atoms with Gasteiger partial charge >= 0.3 is 0 Å². The molecule has 0 radical (unpaired) electrons. The van der Waals surface area contributed by atoms with E-state index in [4.69, 9.17) is 32.4 Å². The number of nitro groups is 1. The highest BCUT2D eigenvalue weighted by molar-refractivity contribution is 6.32. The molecule has 0 fully saturated rings. The zero-order valence-electron chi connectivity index (χ0n) is 14.0. The summed E-state index contributed by atoms with van der Waals surface area (Å²) in [6, 6.07) is 11.0. The number of nitro benzene ring substituents is 1. The average Bonchev–Trinajstić information content (AvgIpc) is 3.12. The first-order chi connectivity index (χ1) is 13.3. The van der Waals surface area contributed by atoms with Crippen LogP contribution in [0.15, 0.2) is 52.9 Å². The van der Waals surface area contributed by atoms with Crippen LogP contribution in [0.5, 0.6) is 11.5 Å². The molecule has 2 N–H and O–H groups in total. The van der Waals surface area contributed by atoms with Gasteiger partial charge in [-0.1, -0.05) is 23.2 Å². The first-order valence-electron chi connectivity index (χ1n) is 7.79. The SMILES string of the molecule is O=C(Nc1cc(Cl)ccc1O)c1ccc(COc2ccc([N+](=O)[O-])cc2Cl)o1. The van der Waals surface area contributed by atoms with Gasteiger partial charge in [-0.3, -0.25) is 14.9 Å². The molecule has 0 spiro atoms. The number of furan rings is 1. The number of benzene rings is 2. The Morgan fingerprint density at radius 2 is 1.96 bits per heavy atom. The summed E-state index contributed by atoms with van der Waals surface area (Å²) in [6.45, 7) is -0.0484. The molecule has 1 amide bonds. The number of halogens is 2. The van der Waals surface area contributed by atoms with Gasteiger partial charge in [0, 0.05) is 17.2 Å². The highest BCUT2D eigenvalue weighted by Gasteiger charge is 2.15. The molecule has 28 heavy (non-hydrogen) atoms. The molecule has 8 nitrogen and oxygen atoms in total. The van der Waals surface area contributed by atoms with Gasteiger partial charge < -0.3 is 19.6 Å². The monoisotopic (exact) mass is 422 g/mol. The second kappa shape index (κ2) is 8.20. The first kappa shape index (κ1) is 19.5. The summed E-state index contributed by atoms with van der Waals surface area (Å²) in [5, 5.41) is 23.4. The second-order valence-corrected chi connectivity index (χ2v) is 6.39. The Bertz CT molecular complexity index is 1050. The Labute approximate surface area is 168 Å². The lowest BCUT2D eigenvalue weighted by molar-refractivity contribution is -0.384. The van der Waals surface area contributed by atoms with Crippen LogP contribution in [0.4, 0.5) is 11.4 Å². The molecule has 0 saturated heterocycles. The van der Waals surface area contributed by atoms with E-state index in [0.717, 1.165) is 0 Å². The number of non-ortho nitro benzene ring substituents is 1. The van der Waals surface area contributed by atoms with Crippen molar-refractivity contribution in [2.24, 2.45) is 0 Å². The number of ether oxygens (including phenoxy) is 1. The first-order valence-corrected chi connectivity index (χ1v) is 8.54. The molecule has 0 aliphatic heterocycles. The summed E-state index contributed by atoms with van der Waals surface area (Å²) < 4.78 is 10.9. The van der Waals surface area contributed by atoms with Gasteiger partial charge in [0.25, 0.3) is 11.6 Å². The molecule has 1 heterocycles. The number of hydrogen-bond acceptors (Lipinski definition) is 6. The summed E-state index contributed by atoms with van der Waals surface area (Å²) in [5.41, 5.74) is -0.0112. The Hall–Kier alpha value is -3.23. The molecule has 0 bridgehead atoms. The normalized spacial score (nSPS) is 10.5. The lowest BCUT2D eigenvalue weighted by Gasteiger charge is -2.07. The topological polar surface area (TPSA) is 115 Å². The molecule has 0 aliphatic carbocycles. The number of phenolic OH excluding ortho intramolecular Hbond substituents is 1. The number of carbonyl (C=O) groups excluding carboxylic acids is 1. The van der Waals surface area contributed by atoms with Crippen LogP contribution in [-0.2, 0) is 6.61 Å². The number of amides is 1. The highest BCUT2D eigenvalue weighted by atomic mass is 35.5. The van der Waals surface area contributed by atoms with Crippen molar-refractivity contribution in [3.05, 3.63) is 80.2 Å². The fourth-order valence-electron chi connectivity index (χ4n) is 2.24. The van der Waals surface area contributed by atoms with Crippen molar-refractivity contribution in [3.8, 4) is 11.5 Å². The molecule has 1 aromatic heterocycles. The summed E-state index contributed by atoms with van der Waals surface area (Å²) in [7, 11) is 0. The number of phenols is 1. The standard InChI is InChI=1S/C18H12Cl2N2O6/c19-10-1-4-15(23)14(7-10)21-18(24)17-6-3-12(28-17)9-27-16-5-2-11(22(25)26)8-13(16)20/h1-8,23H,9H2,(H,21,24). The van der Waals surface area contributed by atoms with Gasteiger partial charge in [0.05, 0.1) is 15.6 Å². The summed E-state index contributed by atoms with van der Waals surface area (Å²) in [6.07, 6.45) is 0. The van der Waals surface area contributed by atoms with Crippen LogP contribution in [0.2, 0.25) is 10.0 Å².